The van der Waals surface area contributed by atoms with E-state index >= 15 is 0 Å². The first-order chi connectivity index (χ1) is 7.33. The van der Waals surface area contributed by atoms with Gasteiger partial charge in [0, 0.05) is 31.7 Å². The first-order valence-electron chi connectivity index (χ1n) is 5.81. The van der Waals surface area contributed by atoms with E-state index in [-0.39, 0.29) is 30.3 Å². The highest BCUT2D eigenvalue weighted by Gasteiger charge is 2.40. The normalized spacial score (nSPS) is 26.1. The summed E-state index contributed by atoms with van der Waals surface area (Å²) in [6.45, 7) is 3.66. The van der Waals surface area contributed by atoms with E-state index < -0.39 is 0 Å². The second kappa shape index (κ2) is 7.31. The van der Waals surface area contributed by atoms with Crippen molar-refractivity contribution in [1.29, 1.82) is 0 Å². The van der Waals surface area contributed by atoms with Gasteiger partial charge in [-0.25, -0.2) is 0 Å². The van der Waals surface area contributed by atoms with Gasteiger partial charge in [-0.05, 0) is 19.0 Å². The molecule has 0 spiro atoms. The molecule has 5 heteroatoms. The molecule has 1 aromatic carbocycles. The molecule has 2 saturated heterocycles. The highest BCUT2D eigenvalue weighted by Crippen LogP contribution is 2.30. The maximum Gasteiger partial charge on any atom is 0.0242 e. The topological polar surface area (TPSA) is 38.0 Å². The molecule has 2 N–H and O–H groups in total. The zero-order chi connectivity index (χ0) is 10.3. The Labute approximate surface area is 121 Å². The molecule has 2 bridgehead atoms. The third-order valence-electron chi connectivity index (χ3n) is 3.86. The highest BCUT2D eigenvalue weighted by molar-refractivity contribution is 5.85. The largest absolute Gasteiger partial charge is 0.412 e. The van der Waals surface area contributed by atoms with Gasteiger partial charge in [0.2, 0.25) is 0 Å². The summed E-state index contributed by atoms with van der Waals surface area (Å²) < 4.78 is 0. The number of fused-ring (bicyclic) bond motifs is 2. The Morgan fingerprint density at radius 3 is 2.22 bits per heavy atom. The van der Waals surface area contributed by atoms with Gasteiger partial charge >= 0.3 is 0 Å². The van der Waals surface area contributed by atoms with E-state index in [0.717, 1.165) is 18.6 Å². The van der Waals surface area contributed by atoms with Crippen molar-refractivity contribution in [1.82, 2.24) is 9.80 Å². The summed E-state index contributed by atoms with van der Waals surface area (Å²) in [4.78, 5) is 5.14. The molecule has 0 aliphatic carbocycles. The van der Waals surface area contributed by atoms with Crippen LogP contribution in [0.3, 0.4) is 0 Å². The van der Waals surface area contributed by atoms with Gasteiger partial charge in [-0.15, -0.1) is 24.8 Å². The molecular weight excluding hydrogens is 271 g/mol. The lowest BCUT2D eigenvalue weighted by Crippen LogP contribution is -2.43. The maximum atomic E-state index is 2.64. The molecule has 18 heavy (non-hydrogen) atoms. The number of hydrogen-bond donors (Lipinski definition) is 0. The highest BCUT2D eigenvalue weighted by atomic mass is 35.5. The molecule has 2 fully saturated rings. The quantitative estimate of drug-likeness (QED) is 0.830. The summed E-state index contributed by atoms with van der Waals surface area (Å²) in [6.07, 6.45) is 1.38. The predicted molar refractivity (Wildman–Crippen MR) is 79.8 cm³/mol. The van der Waals surface area contributed by atoms with Crippen molar-refractivity contribution in [2.24, 2.45) is 0 Å². The van der Waals surface area contributed by atoms with Crippen LogP contribution >= 0.6 is 24.8 Å². The lowest BCUT2D eigenvalue weighted by Gasteiger charge is -2.31. The van der Waals surface area contributed by atoms with Crippen LogP contribution in [-0.4, -0.2) is 47.5 Å². The monoisotopic (exact) mass is 292 g/mol. The van der Waals surface area contributed by atoms with E-state index in [4.69, 9.17) is 0 Å². The molecule has 1 aromatic rings. The molecule has 2 heterocycles. The minimum atomic E-state index is 0. The molecule has 2 unspecified atom stereocenters. The van der Waals surface area contributed by atoms with Crippen molar-refractivity contribution in [2.45, 2.75) is 25.0 Å². The summed E-state index contributed by atoms with van der Waals surface area (Å²) in [7, 11) is 2.25. The van der Waals surface area contributed by atoms with Crippen molar-refractivity contribution in [3.63, 3.8) is 0 Å². The Balaban J connectivity index is 0.000000963. The molecule has 3 rings (SSSR count). The Morgan fingerprint density at radius 2 is 1.72 bits per heavy atom. The van der Waals surface area contributed by atoms with Crippen LogP contribution in [0.25, 0.3) is 0 Å². The second-order valence-corrected chi connectivity index (χ2v) is 4.90. The van der Waals surface area contributed by atoms with Crippen LogP contribution in [0.1, 0.15) is 12.0 Å². The molecule has 0 saturated carbocycles. The average Bonchev–Trinajstić information content (AvgIpc) is 2.78. The number of halogens is 2. The van der Waals surface area contributed by atoms with Crippen molar-refractivity contribution >= 4 is 24.8 Å². The first kappa shape index (κ1) is 17.7. The van der Waals surface area contributed by atoms with Crippen LogP contribution < -0.4 is 0 Å². The summed E-state index contributed by atoms with van der Waals surface area (Å²) in [6, 6.07) is 12.4. The minimum absolute atomic E-state index is 0. The number of rotatable bonds is 2. The standard InChI is InChI=1S/C13H18N2.2ClH.H2O/c1-14-9-13-7-12(14)10-15(13)8-11-5-3-2-4-6-11;;;/h2-6,12-13H,7-10H2,1H3;2*1H;1H2. The minimum Gasteiger partial charge on any atom is -0.412 e. The molecule has 2 atom stereocenters. The van der Waals surface area contributed by atoms with Crippen LogP contribution in [0.15, 0.2) is 30.3 Å². The maximum absolute atomic E-state index is 2.64. The van der Waals surface area contributed by atoms with Crippen LogP contribution in [0.2, 0.25) is 0 Å². The molecule has 3 nitrogen and oxygen atoms in total. The smallest absolute Gasteiger partial charge is 0.0242 e. The van der Waals surface area contributed by atoms with Crippen LogP contribution in [0, 0.1) is 0 Å². The fourth-order valence-electron chi connectivity index (χ4n) is 2.96. The first-order valence-corrected chi connectivity index (χ1v) is 5.81. The number of piperazine rings is 1. The number of benzene rings is 1. The number of nitrogens with zero attached hydrogens (tertiary/aromatic N) is 2. The van der Waals surface area contributed by atoms with E-state index in [1.54, 1.807) is 0 Å². The van der Waals surface area contributed by atoms with E-state index in [2.05, 4.69) is 47.2 Å². The van der Waals surface area contributed by atoms with E-state index in [1.165, 1.54) is 25.1 Å². The van der Waals surface area contributed by atoms with E-state index in [1.807, 2.05) is 0 Å². The van der Waals surface area contributed by atoms with Crippen LogP contribution in [0.4, 0.5) is 0 Å². The van der Waals surface area contributed by atoms with Gasteiger partial charge in [0.1, 0.15) is 0 Å². The summed E-state index contributed by atoms with van der Waals surface area (Å²) in [5, 5.41) is 0. The average molecular weight is 293 g/mol. The zero-order valence-electron chi connectivity index (χ0n) is 10.6. The molecule has 2 aliphatic rings. The molecular formula is C13H22Cl2N2O. The van der Waals surface area contributed by atoms with E-state index in [9.17, 15) is 0 Å². The lowest BCUT2D eigenvalue weighted by molar-refractivity contribution is 0.143. The van der Waals surface area contributed by atoms with Crippen molar-refractivity contribution in [3.05, 3.63) is 35.9 Å². The van der Waals surface area contributed by atoms with Crippen molar-refractivity contribution < 1.29 is 5.48 Å². The lowest BCUT2D eigenvalue weighted by atomic mass is 10.2. The van der Waals surface area contributed by atoms with Crippen LogP contribution in [-0.2, 0) is 6.54 Å². The zero-order valence-corrected chi connectivity index (χ0v) is 12.2. The Hall–Kier alpha value is -0.320. The number of hydrogen-bond acceptors (Lipinski definition) is 2. The van der Waals surface area contributed by atoms with Gasteiger partial charge in [0.05, 0.1) is 0 Å². The molecule has 104 valence electrons. The van der Waals surface area contributed by atoms with E-state index in [0.29, 0.717) is 0 Å². The predicted octanol–water partition coefficient (Wildman–Crippen LogP) is 1.59. The summed E-state index contributed by atoms with van der Waals surface area (Å²) in [5.74, 6) is 0. The van der Waals surface area contributed by atoms with Gasteiger partial charge < -0.3 is 10.4 Å². The molecule has 0 aromatic heterocycles. The Kier molecular flexibility index (Phi) is 7.18. The van der Waals surface area contributed by atoms with Gasteiger partial charge in [0.25, 0.3) is 0 Å². The third-order valence-corrected chi connectivity index (χ3v) is 3.86. The van der Waals surface area contributed by atoms with Crippen LogP contribution in [0.5, 0.6) is 0 Å². The molecule has 2 aliphatic heterocycles. The fourth-order valence-corrected chi connectivity index (χ4v) is 2.96. The molecule has 0 amide bonds. The summed E-state index contributed by atoms with van der Waals surface area (Å²) >= 11 is 0. The summed E-state index contributed by atoms with van der Waals surface area (Å²) in [5.41, 5.74) is 1.45. The van der Waals surface area contributed by atoms with Crippen molar-refractivity contribution in [2.75, 3.05) is 20.1 Å². The van der Waals surface area contributed by atoms with Gasteiger partial charge in [-0.2, -0.15) is 0 Å². The van der Waals surface area contributed by atoms with Gasteiger partial charge in [-0.1, -0.05) is 30.3 Å². The fraction of sp³-hybridized carbons (Fsp3) is 0.538. The third kappa shape index (κ3) is 3.37. The molecule has 0 radical (unpaired) electrons. The second-order valence-electron chi connectivity index (χ2n) is 4.90. The number of likely N-dealkylation sites (tertiary alicyclic amines) is 2. The van der Waals surface area contributed by atoms with Gasteiger partial charge in [0.15, 0.2) is 0 Å². The Bertz CT molecular complexity index is 348. The SMILES string of the molecule is CN1CC2CC1CN2Cc1ccccc1.Cl.Cl.O. The van der Waals surface area contributed by atoms with Gasteiger partial charge in [-0.3, -0.25) is 4.90 Å². The number of likely N-dealkylation sites (N-methyl/N-ethyl adjacent to an activating group) is 1. The van der Waals surface area contributed by atoms with Crippen molar-refractivity contribution in [3.8, 4) is 0 Å². The Morgan fingerprint density at radius 1 is 1.06 bits per heavy atom.